The normalized spacial score (nSPS) is 10.3. The van der Waals surface area contributed by atoms with Crippen LogP contribution in [0, 0.1) is 13.8 Å². The summed E-state index contributed by atoms with van der Waals surface area (Å²) < 4.78 is 4.82. The predicted molar refractivity (Wildman–Crippen MR) is 56.0 cm³/mol. The van der Waals surface area contributed by atoms with E-state index in [4.69, 9.17) is 4.52 Å². The Labute approximate surface area is 90.1 Å². The molecule has 0 fully saturated rings. The van der Waals surface area contributed by atoms with Crippen molar-refractivity contribution in [1.29, 1.82) is 0 Å². The number of rotatable bonds is 2. The molecular weight excluding hydrogens is 214 g/mol. The van der Waals surface area contributed by atoms with E-state index in [9.17, 15) is 4.79 Å². The van der Waals surface area contributed by atoms with Crippen LogP contribution in [0.25, 0.3) is 0 Å². The quantitative estimate of drug-likeness (QED) is 0.845. The maximum absolute atomic E-state index is 11.6. The van der Waals surface area contributed by atoms with E-state index >= 15 is 0 Å². The van der Waals surface area contributed by atoms with Crippen LogP contribution >= 0.6 is 11.3 Å². The van der Waals surface area contributed by atoms with Crippen LogP contribution in [0.4, 0.5) is 5.13 Å². The highest BCUT2D eigenvalue weighted by Gasteiger charge is 2.12. The van der Waals surface area contributed by atoms with Crippen molar-refractivity contribution in [3.05, 3.63) is 28.6 Å². The average molecular weight is 223 g/mol. The molecule has 2 aromatic heterocycles. The fourth-order valence-corrected chi connectivity index (χ4v) is 1.72. The summed E-state index contributed by atoms with van der Waals surface area (Å²) in [5.41, 5.74) is 1.56. The van der Waals surface area contributed by atoms with Crippen molar-refractivity contribution in [2.45, 2.75) is 13.8 Å². The zero-order valence-electron chi connectivity index (χ0n) is 8.27. The molecule has 0 aliphatic rings. The maximum Gasteiger partial charge on any atom is 0.296 e. The van der Waals surface area contributed by atoms with E-state index in [2.05, 4.69) is 15.5 Å². The predicted octanol–water partition coefficient (Wildman–Crippen LogP) is 2.00. The first-order valence-electron chi connectivity index (χ1n) is 4.32. The molecule has 0 saturated carbocycles. The number of anilines is 1. The van der Waals surface area contributed by atoms with Gasteiger partial charge in [0.05, 0.1) is 11.4 Å². The number of thiazole rings is 1. The Morgan fingerprint density at radius 3 is 2.80 bits per heavy atom. The van der Waals surface area contributed by atoms with Crippen molar-refractivity contribution < 1.29 is 9.32 Å². The lowest BCUT2D eigenvalue weighted by Gasteiger charge is -1.95. The number of carbonyl (C=O) groups excluding carboxylic acids is 1. The molecule has 0 saturated heterocycles. The molecule has 0 bridgehead atoms. The summed E-state index contributed by atoms with van der Waals surface area (Å²) in [6, 6.07) is 1.58. The highest BCUT2D eigenvalue weighted by molar-refractivity contribution is 7.13. The second-order valence-electron chi connectivity index (χ2n) is 3.08. The number of amides is 1. The van der Waals surface area contributed by atoms with Crippen LogP contribution in [0.2, 0.25) is 0 Å². The topological polar surface area (TPSA) is 68.0 Å². The van der Waals surface area contributed by atoms with Crippen molar-refractivity contribution in [2.75, 3.05) is 5.32 Å². The minimum absolute atomic E-state index is 0.195. The molecule has 1 N–H and O–H groups in total. The highest BCUT2D eigenvalue weighted by atomic mass is 32.1. The first-order valence-corrected chi connectivity index (χ1v) is 5.20. The monoisotopic (exact) mass is 223 g/mol. The fourth-order valence-electron chi connectivity index (χ4n) is 1.04. The summed E-state index contributed by atoms with van der Waals surface area (Å²) in [5.74, 6) is -0.134. The van der Waals surface area contributed by atoms with Crippen LogP contribution in [-0.4, -0.2) is 16.0 Å². The van der Waals surface area contributed by atoms with E-state index in [1.165, 1.54) is 11.3 Å². The Kier molecular flexibility index (Phi) is 2.51. The van der Waals surface area contributed by atoms with Gasteiger partial charge in [0.1, 0.15) is 0 Å². The molecule has 78 valence electrons. The van der Waals surface area contributed by atoms with Crippen LogP contribution in [-0.2, 0) is 0 Å². The third-order valence-electron chi connectivity index (χ3n) is 1.69. The number of aryl methyl sites for hydroxylation is 2. The second kappa shape index (κ2) is 3.82. The zero-order chi connectivity index (χ0) is 10.8. The summed E-state index contributed by atoms with van der Waals surface area (Å²) in [4.78, 5) is 15.7. The molecule has 2 heterocycles. The third kappa shape index (κ3) is 2.21. The van der Waals surface area contributed by atoms with E-state index in [0.717, 1.165) is 5.69 Å². The summed E-state index contributed by atoms with van der Waals surface area (Å²) in [7, 11) is 0. The van der Waals surface area contributed by atoms with Gasteiger partial charge in [-0.15, -0.1) is 11.3 Å². The van der Waals surface area contributed by atoms with Crippen LogP contribution in [0.15, 0.2) is 16.0 Å². The molecule has 5 nitrogen and oxygen atoms in total. The van der Waals surface area contributed by atoms with Crippen LogP contribution in [0.5, 0.6) is 0 Å². The van der Waals surface area contributed by atoms with E-state index in [0.29, 0.717) is 10.8 Å². The Morgan fingerprint density at radius 2 is 2.27 bits per heavy atom. The molecule has 0 aliphatic heterocycles. The molecule has 0 atom stereocenters. The Hall–Kier alpha value is -1.69. The number of aromatic nitrogens is 2. The Balaban J connectivity index is 2.10. The number of hydrogen-bond donors (Lipinski definition) is 1. The molecule has 2 aromatic rings. The molecule has 0 aliphatic carbocycles. The Bertz CT molecular complexity index is 489. The van der Waals surface area contributed by atoms with Gasteiger partial charge in [0, 0.05) is 11.4 Å². The van der Waals surface area contributed by atoms with E-state index in [1.807, 2.05) is 12.3 Å². The van der Waals surface area contributed by atoms with Gasteiger partial charge >= 0.3 is 0 Å². The van der Waals surface area contributed by atoms with Gasteiger partial charge in [-0.3, -0.25) is 10.1 Å². The summed E-state index contributed by atoms with van der Waals surface area (Å²) >= 11 is 1.37. The van der Waals surface area contributed by atoms with Gasteiger partial charge < -0.3 is 4.52 Å². The molecule has 0 radical (unpaired) electrons. The first-order chi connectivity index (χ1) is 7.15. The molecule has 0 aromatic carbocycles. The van der Waals surface area contributed by atoms with Gasteiger partial charge in [-0.25, -0.2) is 4.98 Å². The maximum atomic E-state index is 11.6. The minimum Gasteiger partial charge on any atom is -0.351 e. The van der Waals surface area contributed by atoms with Crippen molar-refractivity contribution in [1.82, 2.24) is 10.1 Å². The highest BCUT2D eigenvalue weighted by Crippen LogP contribution is 2.15. The van der Waals surface area contributed by atoms with Gasteiger partial charge in [-0.05, 0) is 13.8 Å². The number of nitrogens with zero attached hydrogens (tertiary/aromatic N) is 2. The van der Waals surface area contributed by atoms with E-state index in [-0.39, 0.29) is 11.7 Å². The Morgan fingerprint density at radius 1 is 1.47 bits per heavy atom. The standard InChI is InChI=1S/C9H9N3O2S/c1-5-3-7(14-12-5)8(13)11-9-10-6(2)4-15-9/h3-4H,1-2H3,(H,10,11,13). The average Bonchev–Trinajstić information content (AvgIpc) is 2.75. The SMILES string of the molecule is Cc1cc(C(=O)Nc2nc(C)cs2)on1. The van der Waals surface area contributed by atoms with Crippen molar-refractivity contribution in [3.63, 3.8) is 0 Å². The molecule has 2 rings (SSSR count). The number of hydrogen-bond acceptors (Lipinski definition) is 5. The number of nitrogens with one attached hydrogen (secondary N) is 1. The van der Waals surface area contributed by atoms with Crippen molar-refractivity contribution >= 4 is 22.4 Å². The summed E-state index contributed by atoms with van der Waals surface area (Å²) in [6.45, 7) is 3.62. The molecule has 0 unspecified atom stereocenters. The summed E-state index contributed by atoms with van der Waals surface area (Å²) in [5, 5.41) is 8.68. The molecule has 15 heavy (non-hydrogen) atoms. The molecular formula is C9H9N3O2S. The fraction of sp³-hybridized carbons (Fsp3) is 0.222. The molecule has 0 spiro atoms. The largest absolute Gasteiger partial charge is 0.351 e. The van der Waals surface area contributed by atoms with Gasteiger partial charge in [0.25, 0.3) is 5.91 Å². The first kappa shape index (κ1) is 9.85. The van der Waals surface area contributed by atoms with Gasteiger partial charge in [0.2, 0.25) is 5.76 Å². The lowest BCUT2D eigenvalue weighted by molar-refractivity contribution is 0.0988. The van der Waals surface area contributed by atoms with Gasteiger partial charge in [-0.1, -0.05) is 5.16 Å². The third-order valence-corrected chi connectivity index (χ3v) is 2.57. The molecule has 6 heteroatoms. The van der Waals surface area contributed by atoms with Gasteiger partial charge in [0.15, 0.2) is 5.13 Å². The zero-order valence-corrected chi connectivity index (χ0v) is 9.09. The smallest absolute Gasteiger partial charge is 0.296 e. The van der Waals surface area contributed by atoms with E-state index in [1.54, 1.807) is 13.0 Å². The lowest BCUT2D eigenvalue weighted by Crippen LogP contribution is -2.10. The number of carbonyl (C=O) groups is 1. The van der Waals surface area contributed by atoms with Crippen LogP contribution < -0.4 is 5.32 Å². The summed E-state index contributed by atoms with van der Waals surface area (Å²) in [6.07, 6.45) is 0. The minimum atomic E-state index is -0.329. The van der Waals surface area contributed by atoms with E-state index < -0.39 is 0 Å². The van der Waals surface area contributed by atoms with Crippen molar-refractivity contribution in [3.8, 4) is 0 Å². The van der Waals surface area contributed by atoms with Crippen LogP contribution in [0.1, 0.15) is 21.9 Å². The van der Waals surface area contributed by atoms with Crippen molar-refractivity contribution in [2.24, 2.45) is 0 Å². The van der Waals surface area contributed by atoms with Crippen LogP contribution in [0.3, 0.4) is 0 Å². The molecule has 1 amide bonds. The second-order valence-corrected chi connectivity index (χ2v) is 3.94. The lowest BCUT2D eigenvalue weighted by atomic mass is 10.4. The van der Waals surface area contributed by atoms with Gasteiger partial charge in [-0.2, -0.15) is 0 Å².